The van der Waals surface area contributed by atoms with E-state index in [-0.39, 0.29) is 48.9 Å². The van der Waals surface area contributed by atoms with E-state index < -0.39 is 33.5 Å². The molecule has 1 atom stereocenters. The van der Waals surface area contributed by atoms with Crippen molar-refractivity contribution in [3.63, 3.8) is 0 Å². The number of methoxy groups -OCH3 is 1. The van der Waals surface area contributed by atoms with Crippen LogP contribution in [0.15, 0.2) is 70.8 Å². The second-order valence-corrected chi connectivity index (χ2v) is 11.7. The summed E-state index contributed by atoms with van der Waals surface area (Å²) in [5, 5.41) is 13.7. The lowest BCUT2D eigenvalue weighted by molar-refractivity contribution is -0.150. The van der Waals surface area contributed by atoms with Crippen molar-refractivity contribution in [2.24, 2.45) is 11.1 Å². The molecule has 0 bridgehead atoms. The third-order valence-electron chi connectivity index (χ3n) is 6.23. The molecule has 0 saturated carbocycles. The molecular weight excluding hydrogens is 532 g/mol. The first-order valence-corrected chi connectivity index (χ1v) is 14.6. The van der Waals surface area contributed by atoms with Crippen molar-refractivity contribution in [1.82, 2.24) is 9.88 Å². The monoisotopic (exact) mass is 566 g/mol. The number of fused-ring (bicyclic) bond motifs is 1. The van der Waals surface area contributed by atoms with Gasteiger partial charge in [0.1, 0.15) is 18.4 Å². The minimum absolute atomic E-state index is 0.00219. The second kappa shape index (κ2) is 14.3. The Bertz CT molecular complexity index is 1470. The fraction of sp³-hybridized carbons (Fsp3) is 0.379. The van der Waals surface area contributed by atoms with Gasteiger partial charge in [-0.05, 0) is 29.7 Å². The zero-order valence-electron chi connectivity index (χ0n) is 22.9. The van der Waals surface area contributed by atoms with E-state index in [1.165, 1.54) is 24.1 Å². The van der Waals surface area contributed by atoms with Crippen molar-refractivity contribution in [2.45, 2.75) is 44.0 Å². The number of nitrogens with one attached hydrogen (secondary N) is 1. The van der Waals surface area contributed by atoms with Crippen LogP contribution in [0.25, 0.3) is 10.9 Å². The van der Waals surface area contributed by atoms with Crippen molar-refractivity contribution >= 4 is 38.3 Å². The number of carbonyl (C=O) groups excluding carboxylic acids is 2. The second-order valence-electron chi connectivity index (χ2n) is 9.61. The predicted molar refractivity (Wildman–Crippen MR) is 151 cm³/mol. The van der Waals surface area contributed by atoms with Gasteiger partial charge in [-0.15, -0.1) is 0 Å². The summed E-state index contributed by atoms with van der Waals surface area (Å²) in [6.45, 7) is 3.50. The van der Waals surface area contributed by atoms with Crippen LogP contribution in [0.3, 0.4) is 0 Å². The molecule has 0 fully saturated rings. The van der Waals surface area contributed by atoms with Crippen LogP contribution in [0.1, 0.15) is 32.3 Å². The Kier molecular flexibility index (Phi) is 10.8. The molecule has 212 valence electrons. The van der Waals surface area contributed by atoms with Crippen LogP contribution in [-0.4, -0.2) is 67.9 Å². The number of nitrogens with zero attached hydrogens (tertiary/aromatic N) is 3. The van der Waals surface area contributed by atoms with Crippen molar-refractivity contribution in [1.29, 1.82) is 5.26 Å². The number of carbonyl (C=O) groups is 2. The van der Waals surface area contributed by atoms with Gasteiger partial charge in [0.2, 0.25) is 0 Å². The van der Waals surface area contributed by atoms with Gasteiger partial charge >= 0.3 is 5.97 Å². The third kappa shape index (κ3) is 7.93. The highest BCUT2D eigenvalue weighted by molar-refractivity contribution is 7.91. The van der Waals surface area contributed by atoms with Gasteiger partial charge in [-0.3, -0.25) is 4.79 Å². The zero-order chi connectivity index (χ0) is 29.1. The molecule has 1 unspecified atom stereocenters. The molecule has 3 rings (SSSR count). The molecule has 11 heteroatoms. The SMILES string of the molecule is COC(=O)C(Cc1c[nH]c2ccccc12)N(CCS(=O)(=O)c1ccccc1)C(=O)C(CC(C)C)=NOCCC#N. The summed E-state index contributed by atoms with van der Waals surface area (Å²) in [5.74, 6) is -1.74. The van der Waals surface area contributed by atoms with Gasteiger partial charge in [0.15, 0.2) is 9.84 Å². The van der Waals surface area contributed by atoms with E-state index in [0.717, 1.165) is 16.5 Å². The number of hydrogen-bond acceptors (Lipinski definition) is 8. The lowest BCUT2D eigenvalue weighted by atomic mass is 10.0. The number of H-pyrrole nitrogens is 1. The fourth-order valence-electron chi connectivity index (χ4n) is 4.26. The first-order chi connectivity index (χ1) is 19.2. The van der Waals surface area contributed by atoms with Crippen molar-refractivity contribution in [3.05, 3.63) is 66.4 Å². The van der Waals surface area contributed by atoms with Gasteiger partial charge < -0.3 is 19.5 Å². The summed E-state index contributed by atoms with van der Waals surface area (Å²) in [7, 11) is -2.56. The maximum atomic E-state index is 14.0. The minimum atomic E-state index is -3.78. The van der Waals surface area contributed by atoms with Crippen molar-refractivity contribution in [3.8, 4) is 6.07 Å². The Balaban J connectivity index is 2.03. The lowest BCUT2D eigenvalue weighted by Crippen LogP contribution is -2.51. The number of oxime groups is 1. The highest BCUT2D eigenvalue weighted by Crippen LogP contribution is 2.22. The summed E-state index contributed by atoms with van der Waals surface area (Å²) in [6, 6.07) is 16.3. The highest BCUT2D eigenvalue weighted by Gasteiger charge is 2.35. The zero-order valence-corrected chi connectivity index (χ0v) is 23.7. The number of benzene rings is 2. The average molecular weight is 567 g/mol. The summed E-state index contributed by atoms with van der Waals surface area (Å²) in [6.07, 6.45) is 2.14. The Morgan fingerprint density at radius 2 is 1.80 bits per heavy atom. The number of amides is 1. The lowest BCUT2D eigenvalue weighted by Gasteiger charge is -2.30. The Hall–Kier alpha value is -4.17. The number of para-hydroxylation sites is 1. The molecule has 0 saturated heterocycles. The minimum Gasteiger partial charge on any atom is -0.467 e. The molecular formula is C29H34N4O6S. The fourth-order valence-corrected chi connectivity index (χ4v) is 5.50. The molecule has 0 spiro atoms. The largest absolute Gasteiger partial charge is 0.467 e. The van der Waals surface area contributed by atoms with E-state index in [9.17, 15) is 18.0 Å². The molecule has 1 heterocycles. The van der Waals surface area contributed by atoms with E-state index in [4.69, 9.17) is 14.8 Å². The molecule has 2 aromatic carbocycles. The topological polar surface area (TPSA) is 142 Å². The molecule has 3 aromatic rings. The molecule has 0 radical (unpaired) electrons. The highest BCUT2D eigenvalue weighted by atomic mass is 32.2. The summed E-state index contributed by atoms with van der Waals surface area (Å²) >= 11 is 0. The molecule has 40 heavy (non-hydrogen) atoms. The van der Waals surface area contributed by atoms with Crippen LogP contribution in [0.2, 0.25) is 0 Å². The van der Waals surface area contributed by atoms with Crippen LogP contribution < -0.4 is 0 Å². The summed E-state index contributed by atoms with van der Waals surface area (Å²) in [5.41, 5.74) is 1.65. The van der Waals surface area contributed by atoms with Crippen LogP contribution in [-0.2, 0) is 35.4 Å². The number of ether oxygens (including phenoxy) is 1. The van der Waals surface area contributed by atoms with Crippen molar-refractivity contribution in [2.75, 3.05) is 26.0 Å². The van der Waals surface area contributed by atoms with Crippen LogP contribution in [0, 0.1) is 17.2 Å². The van der Waals surface area contributed by atoms with E-state index in [2.05, 4.69) is 10.1 Å². The number of nitriles is 1. The van der Waals surface area contributed by atoms with Crippen LogP contribution >= 0.6 is 0 Å². The normalized spacial score (nSPS) is 12.6. The standard InChI is InChI=1S/C29H34N4O6S/c1-21(2)18-26(32-39-16-9-14-30)28(34)33(15-17-40(36,37)23-10-5-4-6-11-23)27(29(35)38-3)19-22-20-31-25-13-8-7-12-24(22)25/h4-8,10-13,20-21,27,31H,9,15-19H2,1-3H3. The maximum absolute atomic E-state index is 14.0. The summed E-state index contributed by atoms with van der Waals surface area (Å²) in [4.78, 5) is 36.9. The van der Waals surface area contributed by atoms with Gasteiger partial charge in [0.25, 0.3) is 5.91 Å². The molecule has 1 aromatic heterocycles. The van der Waals surface area contributed by atoms with E-state index in [0.29, 0.717) is 0 Å². The number of esters is 1. The number of aromatic amines is 1. The smallest absolute Gasteiger partial charge is 0.328 e. The van der Waals surface area contributed by atoms with E-state index in [1.54, 1.807) is 24.4 Å². The average Bonchev–Trinajstić information content (AvgIpc) is 3.36. The molecule has 10 nitrogen and oxygen atoms in total. The van der Waals surface area contributed by atoms with Gasteiger partial charge in [0, 0.05) is 36.5 Å². The first kappa shape index (κ1) is 30.4. The van der Waals surface area contributed by atoms with E-state index in [1.807, 2.05) is 44.2 Å². The maximum Gasteiger partial charge on any atom is 0.328 e. The number of sulfone groups is 1. The molecule has 1 amide bonds. The molecule has 0 aliphatic rings. The quantitative estimate of drug-likeness (QED) is 0.135. The Morgan fingerprint density at radius 1 is 1.10 bits per heavy atom. The molecule has 0 aliphatic heterocycles. The van der Waals surface area contributed by atoms with Crippen molar-refractivity contribution < 1.29 is 27.6 Å². The van der Waals surface area contributed by atoms with Gasteiger partial charge in [-0.2, -0.15) is 5.26 Å². The van der Waals surface area contributed by atoms with Gasteiger partial charge in [-0.1, -0.05) is 55.4 Å². The van der Waals surface area contributed by atoms with Crippen LogP contribution in [0.5, 0.6) is 0 Å². The Labute approximate surface area is 234 Å². The summed E-state index contributed by atoms with van der Waals surface area (Å²) < 4.78 is 31.4. The molecule has 0 aliphatic carbocycles. The predicted octanol–water partition coefficient (Wildman–Crippen LogP) is 3.89. The number of hydrogen-bond donors (Lipinski definition) is 1. The number of rotatable bonds is 14. The third-order valence-corrected chi connectivity index (χ3v) is 7.94. The number of aromatic nitrogens is 1. The van der Waals surface area contributed by atoms with Crippen LogP contribution in [0.4, 0.5) is 0 Å². The first-order valence-electron chi connectivity index (χ1n) is 12.9. The van der Waals surface area contributed by atoms with E-state index >= 15 is 0 Å². The Morgan fingerprint density at radius 3 is 2.48 bits per heavy atom. The molecule has 1 N–H and O–H groups in total. The van der Waals surface area contributed by atoms with Gasteiger partial charge in [0.05, 0.1) is 30.2 Å². The van der Waals surface area contributed by atoms with Gasteiger partial charge in [-0.25, -0.2) is 13.2 Å².